The van der Waals surface area contributed by atoms with Gasteiger partial charge in [0.15, 0.2) is 11.5 Å². The van der Waals surface area contributed by atoms with Crippen molar-refractivity contribution in [3.05, 3.63) is 54.0 Å². The van der Waals surface area contributed by atoms with Gasteiger partial charge in [-0.2, -0.15) is 0 Å². The molecule has 3 aromatic rings. The van der Waals surface area contributed by atoms with Crippen LogP contribution < -0.4 is 15.4 Å². The van der Waals surface area contributed by atoms with E-state index in [-0.39, 0.29) is 17.7 Å². The van der Waals surface area contributed by atoms with Crippen molar-refractivity contribution in [3.8, 4) is 5.75 Å². The topological polar surface area (TPSA) is 80.5 Å². The molecule has 26 heavy (non-hydrogen) atoms. The Balaban J connectivity index is 1.49. The predicted octanol–water partition coefficient (Wildman–Crippen LogP) is 3.33. The summed E-state index contributed by atoms with van der Waals surface area (Å²) in [4.78, 5) is 12.5. The highest BCUT2D eigenvalue weighted by atomic mass is 16.5. The summed E-state index contributed by atoms with van der Waals surface area (Å²) in [5.74, 6) is 1.42. The normalized spacial score (nSPS) is 16.0. The highest BCUT2D eigenvalue weighted by molar-refractivity contribution is 5.91. The maximum atomic E-state index is 12.5. The number of pyridine rings is 1. The summed E-state index contributed by atoms with van der Waals surface area (Å²) in [6.07, 6.45) is 2.70. The average Bonchev–Trinajstić information content (AvgIpc) is 3.14. The SMILES string of the molecule is CC(NC(=O)Nc1cccc2c1OC(C)(C)C2)c1nnc2ccccn12. The van der Waals surface area contributed by atoms with E-state index >= 15 is 0 Å². The lowest BCUT2D eigenvalue weighted by molar-refractivity contribution is 0.139. The molecule has 3 heterocycles. The molecule has 1 aliphatic rings. The molecule has 1 aromatic carbocycles. The molecular formula is C19H21N5O2. The minimum Gasteiger partial charge on any atom is -0.485 e. The van der Waals surface area contributed by atoms with E-state index < -0.39 is 0 Å². The van der Waals surface area contributed by atoms with Gasteiger partial charge in [-0.15, -0.1) is 10.2 Å². The minimum atomic E-state index is -0.313. The third-order valence-corrected chi connectivity index (χ3v) is 4.41. The average molecular weight is 351 g/mol. The number of urea groups is 1. The predicted molar refractivity (Wildman–Crippen MR) is 98.4 cm³/mol. The number of nitrogens with zero attached hydrogens (tertiary/aromatic N) is 3. The lowest BCUT2D eigenvalue weighted by Crippen LogP contribution is -2.32. The van der Waals surface area contributed by atoms with E-state index in [9.17, 15) is 4.79 Å². The molecule has 1 unspecified atom stereocenters. The van der Waals surface area contributed by atoms with Crippen molar-refractivity contribution in [2.45, 2.75) is 38.8 Å². The highest BCUT2D eigenvalue weighted by Gasteiger charge is 2.32. The van der Waals surface area contributed by atoms with Gasteiger partial charge in [0.05, 0.1) is 11.7 Å². The zero-order valence-corrected chi connectivity index (χ0v) is 15.0. The van der Waals surface area contributed by atoms with E-state index in [1.807, 2.05) is 67.8 Å². The van der Waals surface area contributed by atoms with Gasteiger partial charge < -0.3 is 15.4 Å². The molecule has 0 spiro atoms. The Labute approximate surface area is 151 Å². The summed E-state index contributed by atoms with van der Waals surface area (Å²) < 4.78 is 7.85. The van der Waals surface area contributed by atoms with E-state index in [0.717, 1.165) is 23.4 Å². The number of hydrogen-bond acceptors (Lipinski definition) is 4. The molecule has 0 saturated carbocycles. The Morgan fingerprint density at radius 3 is 2.92 bits per heavy atom. The lowest BCUT2D eigenvalue weighted by atomic mass is 10.0. The fourth-order valence-electron chi connectivity index (χ4n) is 3.29. The van der Waals surface area contributed by atoms with Crippen LogP contribution in [0, 0.1) is 0 Å². The number of anilines is 1. The molecule has 1 aliphatic heterocycles. The van der Waals surface area contributed by atoms with Crippen LogP contribution in [0.3, 0.4) is 0 Å². The van der Waals surface area contributed by atoms with Crippen LogP contribution in [0.1, 0.15) is 38.2 Å². The maximum Gasteiger partial charge on any atom is 0.319 e. The highest BCUT2D eigenvalue weighted by Crippen LogP contribution is 2.40. The number of aromatic nitrogens is 3. The minimum absolute atomic E-state index is 0.260. The van der Waals surface area contributed by atoms with E-state index in [4.69, 9.17) is 4.74 Å². The number of benzene rings is 1. The van der Waals surface area contributed by atoms with Crippen molar-refractivity contribution in [1.29, 1.82) is 0 Å². The largest absolute Gasteiger partial charge is 0.485 e. The molecule has 4 rings (SSSR count). The fraction of sp³-hybridized carbons (Fsp3) is 0.316. The zero-order chi connectivity index (χ0) is 18.3. The molecule has 0 bridgehead atoms. The molecule has 7 heteroatoms. The number of amides is 2. The second kappa shape index (κ2) is 6.01. The molecule has 0 saturated heterocycles. The number of carbonyl (C=O) groups excluding carboxylic acids is 1. The summed E-state index contributed by atoms with van der Waals surface area (Å²) in [7, 11) is 0. The van der Waals surface area contributed by atoms with Crippen molar-refractivity contribution in [1.82, 2.24) is 19.9 Å². The first-order chi connectivity index (χ1) is 12.4. The van der Waals surface area contributed by atoms with Crippen molar-refractivity contribution in [2.24, 2.45) is 0 Å². The number of fused-ring (bicyclic) bond motifs is 2. The van der Waals surface area contributed by atoms with Crippen molar-refractivity contribution in [3.63, 3.8) is 0 Å². The quantitative estimate of drug-likeness (QED) is 0.758. The number of hydrogen-bond donors (Lipinski definition) is 2. The third-order valence-electron chi connectivity index (χ3n) is 4.41. The number of para-hydroxylation sites is 1. The zero-order valence-electron chi connectivity index (χ0n) is 15.0. The summed E-state index contributed by atoms with van der Waals surface area (Å²) >= 11 is 0. The van der Waals surface area contributed by atoms with Gasteiger partial charge in [0.25, 0.3) is 0 Å². The van der Waals surface area contributed by atoms with Gasteiger partial charge in [-0.3, -0.25) is 4.40 Å². The molecular weight excluding hydrogens is 330 g/mol. The summed E-state index contributed by atoms with van der Waals surface area (Å²) in [5, 5.41) is 14.1. The Morgan fingerprint density at radius 1 is 1.23 bits per heavy atom. The van der Waals surface area contributed by atoms with Crippen molar-refractivity contribution < 1.29 is 9.53 Å². The van der Waals surface area contributed by atoms with Gasteiger partial charge in [-0.1, -0.05) is 18.2 Å². The first-order valence-electron chi connectivity index (χ1n) is 8.61. The molecule has 0 aliphatic carbocycles. The Hall–Kier alpha value is -3.09. The number of carbonyl (C=O) groups is 1. The monoisotopic (exact) mass is 351 g/mol. The Kier molecular flexibility index (Phi) is 3.79. The van der Waals surface area contributed by atoms with Crippen molar-refractivity contribution in [2.75, 3.05) is 5.32 Å². The van der Waals surface area contributed by atoms with Crippen LogP contribution in [0.4, 0.5) is 10.5 Å². The van der Waals surface area contributed by atoms with E-state index in [1.54, 1.807) is 0 Å². The second-order valence-electron chi connectivity index (χ2n) is 7.14. The molecule has 2 aromatic heterocycles. The first-order valence-corrected chi connectivity index (χ1v) is 8.61. The van der Waals surface area contributed by atoms with E-state index in [0.29, 0.717) is 11.5 Å². The van der Waals surface area contributed by atoms with Gasteiger partial charge >= 0.3 is 6.03 Å². The summed E-state index contributed by atoms with van der Waals surface area (Å²) in [5.41, 5.74) is 2.26. The van der Waals surface area contributed by atoms with Crippen molar-refractivity contribution >= 4 is 17.4 Å². The molecule has 2 amide bonds. The molecule has 1 atom stereocenters. The van der Waals surface area contributed by atoms with Gasteiger partial charge in [0, 0.05) is 18.2 Å². The van der Waals surface area contributed by atoms with Gasteiger partial charge in [-0.05, 0) is 39.0 Å². The van der Waals surface area contributed by atoms with Crippen LogP contribution >= 0.6 is 0 Å². The smallest absolute Gasteiger partial charge is 0.319 e. The van der Waals surface area contributed by atoms with Crippen LogP contribution in [-0.2, 0) is 6.42 Å². The number of ether oxygens (including phenoxy) is 1. The van der Waals surface area contributed by atoms with Crippen LogP contribution in [0.25, 0.3) is 5.65 Å². The second-order valence-corrected chi connectivity index (χ2v) is 7.14. The van der Waals surface area contributed by atoms with Crippen LogP contribution in [-0.4, -0.2) is 26.2 Å². The Morgan fingerprint density at radius 2 is 2.08 bits per heavy atom. The van der Waals surface area contributed by atoms with Gasteiger partial charge in [-0.25, -0.2) is 4.79 Å². The van der Waals surface area contributed by atoms with Crippen LogP contribution in [0.5, 0.6) is 5.75 Å². The number of rotatable bonds is 3. The van der Waals surface area contributed by atoms with Crippen LogP contribution in [0.2, 0.25) is 0 Å². The van der Waals surface area contributed by atoms with Gasteiger partial charge in [0.2, 0.25) is 0 Å². The van der Waals surface area contributed by atoms with Gasteiger partial charge in [0.1, 0.15) is 11.4 Å². The fourth-order valence-corrected chi connectivity index (χ4v) is 3.29. The first kappa shape index (κ1) is 16.4. The van der Waals surface area contributed by atoms with E-state index in [1.165, 1.54) is 0 Å². The van der Waals surface area contributed by atoms with Crippen LogP contribution in [0.15, 0.2) is 42.6 Å². The standard InChI is InChI=1S/C19H21N5O2/c1-12(17-23-22-15-9-4-5-10-24(15)17)20-18(25)21-14-8-6-7-13-11-19(2,3)26-16(13)14/h4-10,12H,11H2,1-3H3,(H2,20,21,25). The number of nitrogens with one attached hydrogen (secondary N) is 2. The molecule has 0 fully saturated rings. The summed E-state index contributed by atoms with van der Waals surface area (Å²) in [6.45, 7) is 5.95. The third kappa shape index (κ3) is 2.96. The Bertz CT molecular complexity index is 979. The molecule has 7 nitrogen and oxygen atoms in total. The summed E-state index contributed by atoms with van der Waals surface area (Å²) in [6, 6.07) is 10.8. The molecule has 2 N–H and O–H groups in total. The molecule has 134 valence electrons. The lowest BCUT2D eigenvalue weighted by Gasteiger charge is -2.19. The maximum absolute atomic E-state index is 12.5. The van der Waals surface area contributed by atoms with E-state index in [2.05, 4.69) is 20.8 Å². The molecule has 0 radical (unpaired) electrons.